The fourth-order valence-corrected chi connectivity index (χ4v) is 2.50. The number of ether oxygens (including phenoxy) is 1. The summed E-state index contributed by atoms with van der Waals surface area (Å²) in [6.45, 7) is 0. The van der Waals surface area contributed by atoms with Gasteiger partial charge in [-0.3, -0.25) is 20.2 Å². The van der Waals surface area contributed by atoms with Crippen LogP contribution in [0, 0.1) is 13.7 Å². The van der Waals surface area contributed by atoms with Crippen LogP contribution in [0.3, 0.4) is 0 Å². The standard InChI is InChI=1S/C18H12IN5O5/c19-11-9-20-18(21-10-11)29-13-7-5-12(6-8-13)22-17(26)23-16(25)14-3-1-2-4-15(14)24(27)28/h1-10H,(H2,22,23,25,26). The van der Waals surface area contributed by atoms with Crippen LogP contribution in [0.2, 0.25) is 0 Å². The van der Waals surface area contributed by atoms with Crippen molar-refractivity contribution in [2.24, 2.45) is 0 Å². The molecule has 1 heterocycles. The molecule has 0 spiro atoms. The lowest BCUT2D eigenvalue weighted by Gasteiger charge is -2.08. The number of halogens is 1. The van der Waals surface area contributed by atoms with Crippen molar-refractivity contribution in [1.82, 2.24) is 15.3 Å². The van der Waals surface area contributed by atoms with E-state index in [1.807, 2.05) is 0 Å². The Kier molecular flexibility index (Phi) is 6.29. The molecule has 3 amide bonds. The largest absolute Gasteiger partial charge is 0.424 e. The number of nitrogens with one attached hydrogen (secondary N) is 2. The third-order valence-corrected chi connectivity index (χ3v) is 4.05. The number of amides is 3. The molecule has 0 aliphatic rings. The van der Waals surface area contributed by atoms with Gasteiger partial charge in [0.25, 0.3) is 11.6 Å². The van der Waals surface area contributed by atoms with Crippen LogP contribution in [-0.4, -0.2) is 26.8 Å². The molecule has 0 aliphatic carbocycles. The monoisotopic (exact) mass is 505 g/mol. The summed E-state index contributed by atoms with van der Waals surface area (Å²) in [7, 11) is 0. The van der Waals surface area contributed by atoms with Gasteiger partial charge in [-0.05, 0) is 52.9 Å². The molecule has 0 unspecified atom stereocenters. The Morgan fingerprint density at radius 1 is 1.03 bits per heavy atom. The third-order valence-electron chi connectivity index (χ3n) is 3.49. The van der Waals surface area contributed by atoms with Crippen LogP contribution in [0.4, 0.5) is 16.2 Å². The summed E-state index contributed by atoms with van der Waals surface area (Å²) in [6, 6.07) is 11.0. The third kappa shape index (κ3) is 5.44. The molecule has 3 aromatic rings. The fraction of sp³-hybridized carbons (Fsp3) is 0. The smallest absolute Gasteiger partial charge is 0.326 e. The number of hydrogen-bond donors (Lipinski definition) is 2. The lowest BCUT2D eigenvalue weighted by atomic mass is 10.1. The zero-order chi connectivity index (χ0) is 20.8. The number of imide groups is 1. The summed E-state index contributed by atoms with van der Waals surface area (Å²) >= 11 is 2.08. The van der Waals surface area contributed by atoms with Crippen molar-refractivity contribution in [2.45, 2.75) is 0 Å². The van der Waals surface area contributed by atoms with Crippen molar-refractivity contribution in [3.05, 3.63) is 80.2 Å². The molecule has 0 fully saturated rings. The minimum Gasteiger partial charge on any atom is -0.424 e. The first-order valence-corrected chi connectivity index (χ1v) is 9.11. The van der Waals surface area contributed by atoms with Gasteiger partial charge >= 0.3 is 12.0 Å². The Morgan fingerprint density at radius 3 is 2.34 bits per heavy atom. The molecule has 0 radical (unpaired) electrons. The number of nitrogens with zero attached hydrogens (tertiary/aromatic N) is 3. The van der Waals surface area contributed by atoms with Crippen molar-refractivity contribution >= 4 is 45.9 Å². The first-order valence-electron chi connectivity index (χ1n) is 8.03. The number of nitro benzene ring substituents is 1. The van der Waals surface area contributed by atoms with Gasteiger partial charge in [-0.25, -0.2) is 14.8 Å². The number of urea groups is 1. The van der Waals surface area contributed by atoms with Gasteiger partial charge in [-0.1, -0.05) is 12.1 Å². The van der Waals surface area contributed by atoms with Crippen molar-refractivity contribution < 1.29 is 19.2 Å². The molecule has 0 aliphatic heterocycles. The second-order valence-electron chi connectivity index (χ2n) is 5.49. The zero-order valence-electron chi connectivity index (χ0n) is 14.5. The summed E-state index contributed by atoms with van der Waals surface area (Å²) in [5.74, 6) is -0.432. The number of carbonyl (C=O) groups is 2. The van der Waals surface area contributed by atoms with Crippen LogP contribution in [0.25, 0.3) is 0 Å². The Morgan fingerprint density at radius 2 is 1.69 bits per heavy atom. The van der Waals surface area contributed by atoms with Gasteiger partial charge in [0.15, 0.2) is 0 Å². The van der Waals surface area contributed by atoms with Crippen LogP contribution in [0.5, 0.6) is 11.8 Å². The predicted molar refractivity (Wildman–Crippen MR) is 111 cm³/mol. The lowest BCUT2D eigenvalue weighted by molar-refractivity contribution is -0.385. The molecule has 0 saturated heterocycles. The highest BCUT2D eigenvalue weighted by molar-refractivity contribution is 14.1. The van der Waals surface area contributed by atoms with Crippen molar-refractivity contribution in [3.8, 4) is 11.8 Å². The number of para-hydroxylation sites is 1. The van der Waals surface area contributed by atoms with E-state index in [0.29, 0.717) is 11.4 Å². The summed E-state index contributed by atoms with van der Waals surface area (Å²) in [6.07, 6.45) is 3.22. The topological polar surface area (TPSA) is 136 Å². The maximum atomic E-state index is 12.1. The lowest BCUT2D eigenvalue weighted by Crippen LogP contribution is -2.34. The number of carbonyl (C=O) groups excluding carboxylic acids is 2. The number of aromatic nitrogens is 2. The summed E-state index contributed by atoms with van der Waals surface area (Å²) in [4.78, 5) is 42.5. The van der Waals surface area contributed by atoms with Crippen molar-refractivity contribution in [2.75, 3.05) is 5.32 Å². The Balaban J connectivity index is 1.60. The maximum absolute atomic E-state index is 12.1. The average Bonchev–Trinajstić information content (AvgIpc) is 2.71. The highest BCUT2D eigenvalue weighted by atomic mass is 127. The molecule has 0 saturated carbocycles. The molecular formula is C18H12IN5O5. The van der Waals surface area contributed by atoms with E-state index in [1.54, 1.807) is 36.7 Å². The van der Waals surface area contributed by atoms with E-state index < -0.39 is 22.5 Å². The number of hydrogen-bond acceptors (Lipinski definition) is 7. The predicted octanol–water partition coefficient (Wildman–Crippen LogP) is 3.74. The van der Waals surface area contributed by atoms with E-state index in [1.165, 1.54) is 24.3 Å². The fourth-order valence-electron chi connectivity index (χ4n) is 2.22. The highest BCUT2D eigenvalue weighted by Gasteiger charge is 2.20. The molecule has 146 valence electrons. The number of rotatable bonds is 5. The van der Waals surface area contributed by atoms with Gasteiger partial charge in [-0.15, -0.1) is 0 Å². The van der Waals surface area contributed by atoms with Crippen LogP contribution in [0.1, 0.15) is 10.4 Å². The summed E-state index contributed by atoms with van der Waals surface area (Å²) in [5, 5.41) is 15.5. The molecule has 0 atom stereocenters. The van der Waals surface area contributed by atoms with Crippen molar-refractivity contribution in [1.29, 1.82) is 0 Å². The van der Waals surface area contributed by atoms with E-state index in [9.17, 15) is 19.7 Å². The average molecular weight is 505 g/mol. The minimum absolute atomic E-state index is 0.180. The van der Waals surface area contributed by atoms with Gasteiger partial charge in [0, 0.05) is 27.7 Å². The van der Waals surface area contributed by atoms with E-state index >= 15 is 0 Å². The normalized spacial score (nSPS) is 10.1. The number of anilines is 1. The van der Waals surface area contributed by atoms with Crippen LogP contribution in [0.15, 0.2) is 60.9 Å². The van der Waals surface area contributed by atoms with E-state index in [2.05, 4.69) is 43.2 Å². The van der Waals surface area contributed by atoms with Gasteiger partial charge in [0.1, 0.15) is 11.3 Å². The van der Waals surface area contributed by atoms with Crippen molar-refractivity contribution in [3.63, 3.8) is 0 Å². The number of benzene rings is 2. The molecule has 2 aromatic carbocycles. The van der Waals surface area contributed by atoms with E-state index in [0.717, 1.165) is 3.57 Å². The first kappa shape index (κ1) is 20.1. The molecule has 1 aromatic heterocycles. The van der Waals surface area contributed by atoms with Gasteiger partial charge < -0.3 is 10.1 Å². The van der Waals surface area contributed by atoms with E-state index in [4.69, 9.17) is 4.74 Å². The molecule has 10 nitrogen and oxygen atoms in total. The van der Waals surface area contributed by atoms with Crippen LogP contribution < -0.4 is 15.4 Å². The Hall–Kier alpha value is -3.61. The van der Waals surface area contributed by atoms with Gasteiger partial charge in [0.2, 0.25) is 0 Å². The molecule has 2 N–H and O–H groups in total. The van der Waals surface area contributed by atoms with Gasteiger partial charge in [-0.2, -0.15) is 0 Å². The molecule has 0 bridgehead atoms. The quantitative estimate of drug-likeness (QED) is 0.306. The van der Waals surface area contributed by atoms with E-state index in [-0.39, 0.29) is 11.6 Å². The van der Waals surface area contributed by atoms with Crippen LogP contribution in [-0.2, 0) is 0 Å². The summed E-state index contributed by atoms with van der Waals surface area (Å²) < 4.78 is 6.35. The summed E-state index contributed by atoms with van der Waals surface area (Å²) in [5.41, 5.74) is -0.222. The molecule has 11 heteroatoms. The Labute approximate surface area is 177 Å². The van der Waals surface area contributed by atoms with Crippen LogP contribution >= 0.6 is 22.6 Å². The van der Waals surface area contributed by atoms with Gasteiger partial charge in [0.05, 0.1) is 4.92 Å². The molecule has 29 heavy (non-hydrogen) atoms. The zero-order valence-corrected chi connectivity index (χ0v) is 16.7. The minimum atomic E-state index is -0.884. The maximum Gasteiger partial charge on any atom is 0.326 e. The Bertz CT molecular complexity index is 1060. The second-order valence-corrected chi connectivity index (χ2v) is 6.74. The first-order chi connectivity index (χ1) is 13.9. The second kappa shape index (κ2) is 9.05. The molecular weight excluding hydrogens is 493 g/mol. The number of nitro groups is 1. The highest BCUT2D eigenvalue weighted by Crippen LogP contribution is 2.21. The SMILES string of the molecule is O=C(NC(=O)c1ccccc1[N+](=O)[O-])Nc1ccc(Oc2ncc(I)cn2)cc1. The molecule has 3 rings (SSSR count).